The average molecular weight is 271 g/mol. The van der Waals surface area contributed by atoms with Crippen LogP contribution in [-0.2, 0) is 14.3 Å². The molecule has 110 valence electrons. The second kappa shape index (κ2) is 8.12. The van der Waals surface area contributed by atoms with Gasteiger partial charge in [-0.05, 0) is 12.8 Å². The Bertz CT molecular complexity index is 302. The monoisotopic (exact) mass is 271 g/mol. The summed E-state index contributed by atoms with van der Waals surface area (Å²) in [7, 11) is 0. The summed E-state index contributed by atoms with van der Waals surface area (Å²) >= 11 is 0. The first-order valence-electron chi connectivity index (χ1n) is 6.87. The molecule has 0 aromatic carbocycles. The fourth-order valence-electron chi connectivity index (χ4n) is 1.72. The summed E-state index contributed by atoms with van der Waals surface area (Å²) in [4.78, 5) is 25.3. The molecule has 1 heterocycles. The van der Waals surface area contributed by atoms with E-state index in [-0.39, 0.29) is 24.4 Å². The third-order valence-corrected chi connectivity index (χ3v) is 3.00. The van der Waals surface area contributed by atoms with Gasteiger partial charge in [0, 0.05) is 19.6 Å². The molecule has 1 unspecified atom stereocenters. The number of hydrogen-bond acceptors (Lipinski definition) is 4. The first kappa shape index (κ1) is 15.9. The Morgan fingerprint density at radius 2 is 1.84 bits per heavy atom. The van der Waals surface area contributed by atoms with Gasteiger partial charge < -0.3 is 15.0 Å². The zero-order valence-corrected chi connectivity index (χ0v) is 12.1. The molecule has 0 spiro atoms. The van der Waals surface area contributed by atoms with Gasteiger partial charge in [0.15, 0.2) is 0 Å². The number of morpholine rings is 1. The van der Waals surface area contributed by atoms with Crippen molar-refractivity contribution in [3.8, 4) is 0 Å². The predicted molar refractivity (Wildman–Crippen MR) is 72.7 cm³/mol. The van der Waals surface area contributed by atoms with Gasteiger partial charge in [0.2, 0.25) is 11.8 Å². The minimum Gasteiger partial charge on any atom is -0.378 e. The van der Waals surface area contributed by atoms with Gasteiger partial charge in [0.25, 0.3) is 0 Å². The maximum absolute atomic E-state index is 11.9. The lowest BCUT2D eigenvalue weighted by Gasteiger charge is -2.27. The lowest BCUT2D eigenvalue weighted by Crippen LogP contribution is -2.49. The summed E-state index contributed by atoms with van der Waals surface area (Å²) < 4.78 is 5.19. The van der Waals surface area contributed by atoms with Crippen LogP contribution in [0.2, 0.25) is 0 Å². The van der Waals surface area contributed by atoms with Crippen LogP contribution in [0, 0.1) is 5.92 Å². The second-order valence-electron chi connectivity index (χ2n) is 5.23. The van der Waals surface area contributed by atoms with Crippen LogP contribution in [0.3, 0.4) is 0 Å². The lowest BCUT2D eigenvalue weighted by atomic mass is 10.2. The van der Waals surface area contributed by atoms with E-state index >= 15 is 0 Å². The molecule has 0 radical (unpaired) electrons. The summed E-state index contributed by atoms with van der Waals surface area (Å²) in [5, 5.41) is 5.80. The maximum atomic E-state index is 11.9. The molecule has 0 aromatic rings. The number of hydrogen-bond donors (Lipinski definition) is 2. The van der Waals surface area contributed by atoms with Crippen molar-refractivity contribution >= 4 is 11.8 Å². The molecule has 1 fully saturated rings. The number of carbonyl (C=O) groups is 2. The van der Waals surface area contributed by atoms with Gasteiger partial charge in [-0.1, -0.05) is 13.8 Å². The largest absolute Gasteiger partial charge is 0.378 e. The van der Waals surface area contributed by atoms with Crippen molar-refractivity contribution in [1.82, 2.24) is 15.5 Å². The first-order valence-corrected chi connectivity index (χ1v) is 6.87. The van der Waals surface area contributed by atoms with Crippen molar-refractivity contribution in [2.75, 3.05) is 39.4 Å². The molecular weight excluding hydrogens is 246 g/mol. The summed E-state index contributed by atoms with van der Waals surface area (Å²) in [6.07, 6.45) is 0. The Kier molecular flexibility index (Phi) is 6.80. The van der Waals surface area contributed by atoms with Gasteiger partial charge in [-0.15, -0.1) is 0 Å². The third kappa shape index (κ3) is 6.02. The van der Waals surface area contributed by atoms with E-state index in [1.54, 1.807) is 11.8 Å². The minimum atomic E-state index is -0.358. The van der Waals surface area contributed by atoms with Crippen LogP contribution in [0.25, 0.3) is 0 Å². The molecular formula is C13H25N3O3. The molecule has 2 amide bonds. The first-order chi connectivity index (χ1) is 9.00. The van der Waals surface area contributed by atoms with E-state index in [0.29, 0.717) is 38.8 Å². The van der Waals surface area contributed by atoms with Gasteiger partial charge >= 0.3 is 0 Å². The predicted octanol–water partition coefficient (Wildman–Crippen LogP) is -0.404. The fraction of sp³-hybridized carbons (Fsp3) is 0.846. The molecule has 19 heavy (non-hydrogen) atoms. The molecule has 1 aliphatic heterocycles. The number of nitrogens with zero attached hydrogens (tertiary/aromatic N) is 1. The van der Waals surface area contributed by atoms with Crippen molar-refractivity contribution in [2.24, 2.45) is 5.92 Å². The van der Waals surface area contributed by atoms with Crippen LogP contribution >= 0.6 is 0 Å². The normalized spacial score (nSPS) is 17.4. The highest BCUT2D eigenvalue weighted by Crippen LogP contribution is 1.97. The van der Waals surface area contributed by atoms with E-state index in [4.69, 9.17) is 4.74 Å². The van der Waals surface area contributed by atoms with E-state index in [1.807, 2.05) is 13.8 Å². The number of nitrogens with one attached hydrogen (secondary N) is 2. The summed E-state index contributed by atoms with van der Waals surface area (Å²) in [6.45, 7) is 9.15. The van der Waals surface area contributed by atoms with Gasteiger partial charge in [0.1, 0.15) is 0 Å². The van der Waals surface area contributed by atoms with Gasteiger partial charge in [-0.2, -0.15) is 0 Å². The fourth-order valence-corrected chi connectivity index (χ4v) is 1.72. The number of amides is 2. The van der Waals surface area contributed by atoms with Crippen molar-refractivity contribution < 1.29 is 14.3 Å². The van der Waals surface area contributed by atoms with Gasteiger partial charge in [0.05, 0.1) is 25.8 Å². The Morgan fingerprint density at radius 3 is 2.42 bits per heavy atom. The Balaban J connectivity index is 2.22. The second-order valence-corrected chi connectivity index (χ2v) is 5.23. The van der Waals surface area contributed by atoms with E-state index in [1.165, 1.54) is 0 Å². The highest BCUT2D eigenvalue weighted by molar-refractivity contribution is 5.83. The summed E-state index contributed by atoms with van der Waals surface area (Å²) in [5.41, 5.74) is 0. The van der Waals surface area contributed by atoms with E-state index < -0.39 is 0 Å². The minimum absolute atomic E-state index is 0.0202. The quantitative estimate of drug-likeness (QED) is 0.689. The molecule has 2 N–H and O–H groups in total. The molecule has 1 atom stereocenters. The SMILES string of the molecule is CC(C)CNC(=O)C(C)NCC(=O)N1CCOCC1. The van der Waals surface area contributed by atoms with Gasteiger partial charge in [-0.25, -0.2) is 0 Å². The van der Waals surface area contributed by atoms with Crippen LogP contribution in [-0.4, -0.2) is 62.1 Å². The number of rotatable bonds is 6. The number of ether oxygens (including phenoxy) is 1. The molecule has 6 heteroatoms. The van der Waals surface area contributed by atoms with E-state index in [9.17, 15) is 9.59 Å². The molecule has 6 nitrogen and oxygen atoms in total. The zero-order valence-electron chi connectivity index (χ0n) is 12.1. The Morgan fingerprint density at radius 1 is 1.21 bits per heavy atom. The molecule has 1 aliphatic rings. The van der Waals surface area contributed by atoms with Crippen molar-refractivity contribution in [3.05, 3.63) is 0 Å². The van der Waals surface area contributed by atoms with Gasteiger partial charge in [-0.3, -0.25) is 14.9 Å². The van der Waals surface area contributed by atoms with Crippen LogP contribution in [0.1, 0.15) is 20.8 Å². The third-order valence-electron chi connectivity index (χ3n) is 3.00. The summed E-state index contributed by atoms with van der Waals surface area (Å²) in [6, 6.07) is -0.358. The Hall–Kier alpha value is -1.14. The van der Waals surface area contributed by atoms with Crippen molar-refractivity contribution in [2.45, 2.75) is 26.8 Å². The molecule has 0 saturated carbocycles. The van der Waals surface area contributed by atoms with Crippen LogP contribution < -0.4 is 10.6 Å². The molecule has 1 rings (SSSR count). The van der Waals surface area contributed by atoms with Crippen molar-refractivity contribution in [3.63, 3.8) is 0 Å². The zero-order chi connectivity index (χ0) is 14.3. The van der Waals surface area contributed by atoms with Crippen molar-refractivity contribution in [1.29, 1.82) is 0 Å². The van der Waals surface area contributed by atoms with Crippen LogP contribution in [0.5, 0.6) is 0 Å². The Labute approximate surface area is 114 Å². The standard InChI is InChI=1S/C13H25N3O3/c1-10(2)8-15-13(18)11(3)14-9-12(17)16-4-6-19-7-5-16/h10-11,14H,4-9H2,1-3H3,(H,15,18). The van der Waals surface area contributed by atoms with Crippen LogP contribution in [0.4, 0.5) is 0 Å². The highest BCUT2D eigenvalue weighted by Gasteiger charge is 2.19. The summed E-state index contributed by atoms with van der Waals surface area (Å²) in [5.74, 6) is 0.376. The van der Waals surface area contributed by atoms with Crippen LogP contribution in [0.15, 0.2) is 0 Å². The van der Waals surface area contributed by atoms with E-state index in [2.05, 4.69) is 10.6 Å². The molecule has 0 aromatic heterocycles. The maximum Gasteiger partial charge on any atom is 0.236 e. The number of carbonyl (C=O) groups excluding carboxylic acids is 2. The highest BCUT2D eigenvalue weighted by atomic mass is 16.5. The van der Waals surface area contributed by atoms with E-state index in [0.717, 1.165) is 0 Å². The smallest absolute Gasteiger partial charge is 0.236 e. The molecule has 0 bridgehead atoms. The average Bonchev–Trinajstić information content (AvgIpc) is 2.42. The topological polar surface area (TPSA) is 70.7 Å². The lowest BCUT2D eigenvalue weighted by molar-refractivity contribution is -0.134. The molecule has 1 saturated heterocycles. The molecule has 0 aliphatic carbocycles.